The summed E-state index contributed by atoms with van der Waals surface area (Å²) in [7, 11) is 1.83. The van der Waals surface area contributed by atoms with Crippen LogP contribution < -0.4 is 10.6 Å². The molecule has 0 radical (unpaired) electrons. The summed E-state index contributed by atoms with van der Waals surface area (Å²) in [4.78, 5) is 4.35. The molecule has 0 atom stereocenters. The standard InChI is InChI=1S/C14H23F3N6.HI/c1-10-21-22-12(23(10)2)9-19-13(18-8-7-14(15,16)17)20-11-5-3-4-6-11;/h11H,3-9H2,1-2H3,(H2,18,19,20);1H. The first-order valence-corrected chi connectivity index (χ1v) is 7.81. The maximum atomic E-state index is 12.3. The highest BCUT2D eigenvalue weighted by Gasteiger charge is 2.26. The maximum Gasteiger partial charge on any atom is 0.390 e. The van der Waals surface area contributed by atoms with E-state index in [1.807, 2.05) is 18.5 Å². The van der Waals surface area contributed by atoms with Gasteiger partial charge >= 0.3 is 6.18 Å². The summed E-state index contributed by atoms with van der Waals surface area (Å²) in [5.41, 5.74) is 0. The predicted molar refractivity (Wildman–Crippen MR) is 96.4 cm³/mol. The van der Waals surface area contributed by atoms with E-state index in [0.717, 1.165) is 31.5 Å². The van der Waals surface area contributed by atoms with Crippen LogP contribution in [0.25, 0.3) is 0 Å². The molecule has 0 bridgehead atoms. The highest BCUT2D eigenvalue weighted by atomic mass is 127. The quantitative estimate of drug-likeness (QED) is 0.403. The third-order valence-electron chi connectivity index (χ3n) is 3.96. The van der Waals surface area contributed by atoms with Crippen LogP contribution in [0.2, 0.25) is 0 Å². The first kappa shape index (κ1) is 21.0. The number of nitrogens with zero attached hydrogens (tertiary/aromatic N) is 4. The first-order valence-electron chi connectivity index (χ1n) is 7.81. The summed E-state index contributed by atoms with van der Waals surface area (Å²) >= 11 is 0. The van der Waals surface area contributed by atoms with Gasteiger partial charge in [-0.05, 0) is 19.8 Å². The zero-order chi connectivity index (χ0) is 16.9. The average molecular weight is 460 g/mol. The Morgan fingerprint density at radius 2 is 1.96 bits per heavy atom. The van der Waals surface area contributed by atoms with Gasteiger partial charge in [-0.25, -0.2) is 4.99 Å². The van der Waals surface area contributed by atoms with Crippen LogP contribution in [0, 0.1) is 6.92 Å². The summed E-state index contributed by atoms with van der Waals surface area (Å²) < 4.78 is 38.7. The Hall–Kier alpha value is -1.07. The van der Waals surface area contributed by atoms with Crippen molar-refractivity contribution in [2.45, 2.75) is 57.8 Å². The van der Waals surface area contributed by atoms with Crippen LogP contribution in [0.3, 0.4) is 0 Å². The third-order valence-corrected chi connectivity index (χ3v) is 3.96. The Kier molecular flexibility index (Phi) is 8.23. The number of hydrogen-bond acceptors (Lipinski definition) is 3. The minimum absolute atomic E-state index is 0. The van der Waals surface area contributed by atoms with Crippen molar-refractivity contribution >= 4 is 29.9 Å². The first-order chi connectivity index (χ1) is 10.8. The Labute approximate surface area is 156 Å². The lowest BCUT2D eigenvalue weighted by Crippen LogP contribution is -2.43. The number of aliphatic imine (C=N–C) groups is 1. The summed E-state index contributed by atoms with van der Waals surface area (Å²) in [6.07, 6.45) is -0.758. The zero-order valence-electron chi connectivity index (χ0n) is 13.9. The van der Waals surface area contributed by atoms with Crippen LogP contribution in [-0.4, -0.2) is 39.5 Å². The van der Waals surface area contributed by atoms with Crippen LogP contribution in [0.5, 0.6) is 0 Å². The molecule has 0 aromatic carbocycles. The Balaban J connectivity index is 0.00000288. The van der Waals surface area contributed by atoms with Gasteiger partial charge in [0, 0.05) is 19.6 Å². The lowest BCUT2D eigenvalue weighted by atomic mass is 10.2. The molecule has 0 aliphatic heterocycles. The molecule has 2 rings (SSSR count). The van der Waals surface area contributed by atoms with Crippen LogP contribution in [0.15, 0.2) is 4.99 Å². The van der Waals surface area contributed by atoms with Gasteiger partial charge in [-0.1, -0.05) is 12.8 Å². The normalized spacial score (nSPS) is 16.1. The second-order valence-corrected chi connectivity index (χ2v) is 5.80. The van der Waals surface area contributed by atoms with E-state index in [4.69, 9.17) is 0 Å². The fourth-order valence-corrected chi connectivity index (χ4v) is 2.48. The molecule has 1 aromatic rings. The van der Waals surface area contributed by atoms with Gasteiger partial charge in [0.15, 0.2) is 11.8 Å². The summed E-state index contributed by atoms with van der Waals surface area (Å²) in [5.74, 6) is 1.85. The molecule has 24 heavy (non-hydrogen) atoms. The largest absolute Gasteiger partial charge is 0.390 e. The van der Waals surface area contributed by atoms with Crippen molar-refractivity contribution in [3.63, 3.8) is 0 Å². The van der Waals surface area contributed by atoms with Crippen molar-refractivity contribution in [2.24, 2.45) is 12.0 Å². The van der Waals surface area contributed by atoms with Crippen molar-refractivity contribution in [3.8, 4) is 0 Å². The van der Waals surface area contributed by atoms with Gasteiger partial charge in [0.1, 0.15) is 12.4 Å². The number of halogens is 4. The predicted octanol–water partition coefficient (Wildman–Crippen LogP) is 2.67. The summed E-state index contributed by atoms with van der Waals surface area (Å²) in [6, 6.07) is 0.272. The molecule has 1 aromatic heterocycles. The molecule has 1 saturated carbocycles. The third kappa shape index (κ3) is 6.81. The zero-order valence-corrected chi connectivity index (χ0v) is 16.2. The van der Waals surface area contributed by atoms with Gasteiger partial charge in [-0.3, -0.25) is 0 Å². The van der Waals surface area contributed by atoms with Crippen molar-refractivity contribution < 1.29 is 13.2 Å². The van der Waals surface area contributed by atoms with Crippen LogP contribution in [0.1, 0.15) is 43.8 Å². The van der Waals surface area contributed by atoms with Crippen molar-refractivity contribution in [3.05, 3.63) is 11.6 Å². The second-order valence-electron chi connectivity index (χ2n) is 5.80. The SMILES string of the molecule is Cc1nnc(CN=C(NCCC(F)(F)F)NC2CCCC2)n1C.I. The van der Waals surface area contributed by atoms with Crippen molar-refractivity contribution in [1.82, 2.24) is 25.4 Å². The lowest BCUT2D eigenvalue weighted by Gasteiger charge is -2.17. The van der Waals surface area contributed by atoms with Gasteiger partial charge in [-0.2, -0.15) is 13.2 Å². The summed E-state index contributed by atoms with van der Waals surface area (Å²) in [5, 5.41) is 13.9. The Morgan fingerprint density at radius 1 is 1.29 bits per heavy atom. The molecular formula is C14H24F3IN6. The number of rotatable bonds is 5. The van der Waals surface area contributed by atoms with Gasteiger partial charge in [-0.15, -0.1) is 34.2 Å². The van der Waals surface area contributed by atoms with Gasteiger partial charge in [0.25, 0.3) is 0 Å². The van der Waals surface area contributed by atoms with E-state index in [0.29, 0.717) is 11.8 Å². The van der Waals surface area contributed by atoms with Gasteiger partial charge in [0.05, 0.1) is 6.42 Å². The lowest BCUT2D eigenvalue weighted by molar-refractivity contribution is -0.132. The van der Waals surface area contributed by atoms with Crippen molar-refractivity contribution in [2.75, 3.05) is 6.54 Å². The fraction of sp³-hybridized carbons (Fsp3) is 0.786. The molecule has 1 fully saturated rings. The van der Waals surface area contributed by atoms with Crippen LogP contribution in [-0.2, 0) is 13.6 Å². The van der Waals surface area contributed by atoms with E-state index >= 15 is 0 Å². The number of nitrogens with one attached hydrogen (secondary N) is 2. The molecule has 6 nitrogen and oxygen atoms in total. The number of aromatic nitrogens is 3. The number of alkyl halides is 3. The monoisotopic (exact) mass is 460 g/mol. The van der Waals surface area contributed by atoms with Crippen molar-refractivity contribution in [1.29, 1.82) is 0 Å². The van der Waals surface area contributed by atoms with Gasteiger partial charge in [0.2, 0.25) is 0 Å². The molecule has 0 amide bonds. The van der Waals surface area contributed by atoms with E-state index in [1.54, 1.807) is 0 Å². The minimum Gasteiger partial charge on any atom is -0.356 e. The number of hydrogen-bond donors (Lipinski definition) is 2. The second kappa shape index (κ2) is 9.42. The molecule has 0 unspecified atom stereocenters. The Morgan fingerprint density at radius 3 is 2.50 bits per heavy atom. The fourth-order valence-electron chi connectivity index (χ4n) is 2.48. The number of aryl methyl sites for hydroxylation is 1. The number of guanidine groups is 1. The highest BCUT2D eigenvalue weighted by molar-refractivity contribution is 14.0. The summed E-state index contributed by atoms with van der Waals surface area (Å²) in [6.45, 7) is 1.91. The highest BCUT2D eigenvalue weighted by Crippen LogP contribution is 2.19. The van der Waals surface area contributed by atoms with Crippen LogP contribution >= 0.6 is 24.0 Å². The van der Waals surface area contributed by atoms with Gasteiger partial charge < -0.3 is 15.2 Å². The van der Waals surface area contributed by atoms with E-state index in [1.165, 1.54) is 0 Å². The molecule has 0 saturated heterocycles. The van der Waals surface area contributed by atoms with E-state index in [2.05, 4.69) is 25.8 Å². The molecule has 10 heteroatoms. The smallest absolute Gasteiger partial charge is 0.356 e. The van der Waals surface area contributed by atoms with E-state index in [-0.39, 0.29) is 43.1 Å². The van der Waals surface area contributed by atoms with E-state index < -0.39 is 12.6 Å². The molecule has 1 aliphatic rings. The molecular weight excluding hydrogens is 436 g/mol. The molecule has 0 spiro atoms. The topological polar surface area (TPSA) is 67.1 Å². The average Bonchev–Trinajstić information content (AvgIpc) is 3.07. The molecule has 1 aliphatic carbocycles. The maximum absolute atomic E-state index is 12.3. The molecule has 2 N–H and O–H groups in total. The molecule has 1 heterocycles. The molecule has 138 valence electrons. The Bertz CT molecular complexity index is 537. The minimum atomic E-state index is -4.17. The van der Waals surface area contributed by atoms with Crippen LogP contribution in [0.4, 0.5) is 13.2 Å². The van der Waals surface area contributed by atoms with E-state index in [9.17, 15) is 13.2 Å².